The van der Waals surface area contributed by atoms with Crippen LogP contribution in [0.2, 0.25) is 0 Å². The second kappa shape index (κ2) is 7.06. The molecule has 1 unspecified atom stereocenters. The van der Waals surface area contributed by atoms with E-state index in [-0.39, 0.29) is 21.6 Å². The Labute approximate surface area is 159 Å². The van der Waals surface area contributed by atoms with Crippen molar-refractivity contribution >= 4 is 16.9 Å². The molecule has 0 bridgehead atoms. The molecule has 1 spiro atoms. The minimum atomic E-state index is -1.15. The topological polar surface area (TPSA) is 58.6 Å². The Hall–Kier alpha value is -1.24. The van der Waals surface area contributed by atoms with Gasteiger partial charge >= 0.3 is 0 Å². The lowest BCUT2D eigenvalue weighted by molar-refractivity contribution is 0.0404. The van der Waals surface area contributed by atoms with Crippen molar-refractivity contribution in [3.8, 4) is 0 Å². The Bertz CT molecular complexity index is 678. The van der Waals surface area contributed by atoms with Crippen LogP contribution in [-0.2, 0) is 15.7 Å². The van der Waals surface area contributed by atoms with Crippen molar-refractivity contribution in [1.29, 1.82) is 0 Å². The quantitative estimate of drug-likeness (QED) is 0.880. The fourth-order valence-electron chi connectivity index (χ4n) is 3.86. The molecular weight excluding hydrogens is 348 g/mol. The monoisotopic (exact) mass is 378 g/mol. The summed E-state index contributed by atoms with van der Waals surface area (Å²) < 4.78 is 21.6. The summed E-state index contributed by atoms with van der Waals surface area (Å²) in [5.74, 6) is 0.0901. The molecule has 0 radical (unpaired) electrons. The van der Waals surface area contributed by atoms with E-state index in [0.717, 1.165) is 18.4 Å². The van der Waals surface area contributed by atoms with Gasteiger partial charge in [0.15, 0.2) is 0 Å². The van der Waals surface area contributed by atoms with E-state index < -0.39 is 11.0 Å². The van der Waals surface area contributed by atoms with Crippen LogP contribution in [0.4, 0.5) is 0 Å². The maximum atomic E-state index is 12.7. The van der Waals surface area contributed by atoms with Gasteiger partial charge < -0.3 is 9.64 Å². The molecule has 1 N–H and O–H groups in total. The number of carbonyl (C=O) groups is 1. The summed E-state index contributed by atoms with van der Waals surface area (Å²) in [7, 11) is -1.15. The summed E-state index contributed by atoms with van der Waals surface area (Å²) in [4.78, 5) is 14.6. The maximum Gasteiger partial charge on any atom is 0.253 e. The number of hydrogen-bond acceptors (Lipinski definition) is 3. The second-order valence-electron chi connectivity index (χ2n) is 8.75. The SMILES string of the molecule is CC(C)(C)[S@@](=O)NC1(C)COCC12CCN(C(=O)c1ccccc1)CC2. The number of nitrogens with one attached hydrogen (secondary N) is 1. The predicted octanol–water partition coefficient (Wildman–Crippen LogP) is 2.75. The summed E-state index contributed by atoms with van der Waals surface area (Å²) in [5, 5.41) is 0. The number of benzene rings is 1. The van der Waals surface area contributed by atoms with Crippen LogP contribution in [0, 0.1) is 5.41 Å². The number of rotatable bonds is 3. The third kappa shape index (κ3) is 3.59. The van der Waals surface area contributed by atoms with Crippen molar-refractivity contribution in [3.63, 3.8) is 0 Å². The number of hydrogen-bond donors (Lipinski definition) is 1. The molecule has 3 rings (SSSR count). The van der Waals surface area contributed by atoms with Gasteiger partial charge in [0.2, 0.25) is 0 Å². The Kier molecular flexibility index (Phi) is 5.30. The summed E-state index contributed by atoms with van der Waals surface area (Å²) in [6.45, 7) is 10.7. The summed E-state index contributed by atoms with van der Waals surface area (Å²) in [6.07, 6.45) is 1.72. The van der Waals surface area contributed by atoms with Crippen LogP contribution in [-0.4, -0.2) is 51.6 Å². The maximum absolute atomic E-state index is 12.7. The molecule has 0 aliphatic carbocycles. The van der Waals surface area contributed by atoms with Gasteiger partial charge in [-0.15, -0.1) is 0 Å². The fraction of sp³-hybridized carbons (Fsp3) is 0.650. The lowest BCUT2D eigenvalue weighted by Gasteiger charge is -2.48. The lowest BCUT2D eigenvalue weighted by atomic mass is 9.67. The molecule has 2 aliphatic heterocycles. The fourth-order valence-corrected chi connectivity index (χ4v) is 4.85. The standard InChI is InChI=1S/C20H30N2O3S/c1-18(2,3)26(24)21-19(4)14-25-15-20(19)10-12-22(13-11-20)17(23)16-8-6-5-7-9-16/h5-9,21H,10-15H2,1-4H3/t19?,26-/m1/s1. The number of nitrogens with zero attached hydrogens (tertiary/aromatic N) is 1. The Morgan fingerprint density at radius 2 is 1.77 bits per heavy atom. The van der Waals surface area contributed by atoms with Crippen LogP contribution in [0.5, 0.6) is 0 Å². The van der Waals surface area contributed by atoms with E-state index in [2.05, 4.69) is 11.6 Å². The Balaban J connectivity index is 1.70. The summed E-state index contributed by atoms with van der Waals surface area (Å²) >= 11 is 0. The first-order valence-electron chi connectivity index (χ1n) is 9.29. The van der Waals surface area contributed by atoms with Gasteiger partial charge in [-0.3, -0.25) is 4.79 Å². The van der Waals surface area contributed by atoms with Crippen LogP contribution in [0.15, 0.2) is 30.3 Å². The molecule has 2 saturated heterocycles. The van der Waals surface area contributed by atoms with Gasteiger partial charge in [-0.1, -0.05) is 18.2 Å². The molecule has 1 aromatic carbocycles. The van der Waals surface area contributed by atoms with Gasteiger partial charge in [0, 0.05) is 24.1 Å². The van der Waals surface area contributed by atoms with E-state index in [0.29, 0.717) is 26.3 Å². The first kappa shape index (κ1) is 19.5. The summed E-state index contributed by atoms with van der Waals surface area (Å²) in [5.41, 5.74) is 0.315. The number of piperidine rings is 1. The zero-order valence-electron chi connectivity index (χ0n) is 16.2. The largest absolute Gasteiger partial charge is 0.379 e. The first-order chi connectivity index (χ1) is 12.2. The average molecular weight is 379 g/mol. The number of carbonyl (C=O) groups excluding carboxylic acids is 1. The highest BCUT2D eigenvalue weighted by Gasteiger charge is 2.55. The zero-order chi connectivity index (χ0) is 19.0. The second-order valence-corrected chi connectivity index (χ2v) is 10.7. The molecule has 144 valence electrons. The molecule has 5 nitrogen and oxygen atoms in total. The molecule has 0 saturated carbocycles. The third-order valence-electron chi connectivity index (χ3n) is 5.84. The van der Waals surface area contributed by atoms with Crippen molar-refractivity contribution in [3.05, 3.63) is 35.9 Å². The van der Waals surface area contributed by atoms with Gasteiger partial charge in [-0.05, 0) is 52.7 Å². The predicted molar refractivity (Wildman–Crippen MR) is 104 cm³/mol. The summed E-state index contributed by atoms with van der Waals surface area (Å²) in [6, 6.07) is 9.44. The van der Waals surface area contributed by atoms with Gasteiger partial charge in [-0.2, -0.15) is 0 Å². The molecule has 6 heteroatoms. The van der Waals surface area contributed by atoms with Crippen molar-refractivity contribution < 1.29 is 13.7 Å². The van der Waals surface area contributed by atoms with E-state index >= 15 is 0 Å². The molecule has 1 amide bonds. The third-order valence-corrected chi connectivity index (χ3v) is 7.59. The molecule has 0 aromatic heterocycles. The van der Waals surface area contributed by atoms with Crippen LogP contribution in [0.1, 0.15) is 50.9 Å². The zero-order valence-corrected chi connectivity index (χ0v) is 17.0. The first-order valence-corrected chi connectivity index (χ1v) is 10.4. The molecule has 2 heterocycles. The van der Waals surface area contributed by atoms with E-state index in [1.165, 1.54) is 0 Å². The number of ether oxygens (including phenoxy) is 1. The smallest absolute Gasteiger partial charge is 0.253 e. The van der Waals surface area contributed by atoms with Crippen LogP contribution < -0.4 is 4.72 Å². The van der Waals surface area contributed by atoms with Gasteiger partial charge in [-0.25, -0.2) is 8.93 Å². The molecule has 1 aromatic rings. The van der Waals surface area contributed by atoms with Crippen molar-refractivity contribution in [2.45, 2.75) is 50.8 Å². The highest BCUT2D eigenvalue weighted by Crippen LogP contribution is 2.46. The van der Waals surface area contributed by atoms with Gasteiger partial charge in [0.25, 0.3) is 5.91 Å². The minimum absolute atomic E-state index is 0.0820. The number of likely N-dealkylation sites (tertiary alicyclic amines) is 1. The van der Waals surface area contributed by atoms with Gasteiger partial charge in [0.05, 0.1) is 34.5 Å². The average Bonchev–Trinajstić information content (AvgIpc) is 2.91. The molecular formula is C20H30N2O3S. The van der Waals surface area contributed by atoms with Crippen LogP contribution in [0.25, 0.3) is 0 Å². The van der Waals surface area contributed by atoms with E-state index in [9.17, 15) is 9.00 Å². The Morgan fingerprint density at radius 3 is 2.35 bits per heavy atom. The Morgan fingerprint density at radius 1 is 1.15 bits per heavy atom. The molecule has 2 atom stereocenters. The molecule has 2 aliphatic rings. The minimum Gasteiger partial charge on any atom is -0.379 e. The van der Waals surface area contributed by atoms with E-state index in [1.54, 1.807) is 0 Å². The highest BCUT2D eigenvalue weighted by molar-refractivity contribution is 7.84. The molecule has 2 fully saturated rings. The van der Waals surface area contributed by atoms with Crippen molar-refractivity contribution in [2.24, 2.45) is 5.41 Å². The highest BCUT2D eigenvalue weighted by atomic mass is 32.2. The normalized spacial score (nSPS) is 26.8. The van der Waals surface area contributed by atoms with Crippen molar-refractivity contribution in [2.75, 3.05) is 26.3 Å². The number of amides is 1. The van der Waals surface area contributed by atoms with E-state index in [4.69, 9.17) is 4.74 Å². The van der Waals surface area contributed by atoms with Crippen molar-refractivity contribution in [1.82, 2.24) is 9.62 Å². The van der Waals surface area contributed by atoms with E-state index in [1.807, 2.05) is 56.0 Å². The lowest BCUT2D eigenvalue weighted by Crippen LogP contribution is -2.61. The van der Waals surface area contributed by atoms with Crippen LogP contribution in [0.3, 0.4) is 0 Å². The van der Waals surface area contributed by atoms with Gasteiger partial charge in [0.1, 0.15) is 0 Å². The molecule has 26 heavy (non-hydrogen) atoms. The van der Waals surface area contributed by atoms with Crippen LogP contribution >= 0.6 is 0 Å².